The number of hydrogen-bond acceptors (Lipinski definition) is 6. The first-order valence-corrected chi connectivity index (χ1v) is 11.2. The van der Waals surface area contributed by atoms with E-state index in [1.807, 2.05) is 0 Å². The van der Waals surface area contributed by atoms with Gasteiger partial charge >= 0.3 is 5.97 Å². The van der Waals surface area contributed by atoms with Crippen LogP contribution in [0.1, 0.15) is 22.8 Å². The average molecular weight is 487 g/mol. The molecule has 8 nitrogen and oxygen atoms in total. The van der Waals surface area contributed by atoms with Gasteiger partial charge in [0.05, 0.1) is 14.9 Å². The molecule has 0 heterocycles. The van der Waals surface area contributed by atoms with Crippen LogP contribution in [0.25, 0.3) is 0 Å². The normalized spacial score (nSPS) is 11.1. The molecule has 2 rings (SSSR count). The van der Waals surface area contributed by atoms with Crippen LogP contribution in [0, 0.1) is 0 Å². The quantitative estimate of drug-likeness (QED) is 0.430. The molecule has 0 saturated carbocycles. The zero-order valence-electron chi connectivity index (χ0n) is 16.7. The first kappa shape index (κ1) is 24.8. The van der Waals surface area contributed by atoms with E-state index in [1.165, 1.54) is 43.1 Å². The first-order valence-electron chi connectivity index (χ1n) is 8.94. The molecule has 0 saturated heterocycles. The molecule has 31 heavy (non-hydrogen) atoms. The lowest BCUT2D eigenvalue weighted by Crippen LogP contribution is -2.34. The minimum Gasteiger partial charge on any atom is -0.455 e. The number of ether oxygens (including phenoxy) is 1. The van der Waals surface area contributed by atoms with Crippen LogP contribution in [0.2, 0.25) is 10.0 Å². The molecule has 1 amide bonds. The van der Waals surface area contributed by atoms with E-state index in [0.717, 1.165) is 5.56 Å². The van der Waals surface area contributed by atoms with E-state index in [1.54, 1.807) is 18.2 Å². The summed E-state index contributed by atoms with van der Waals surface area (Å²) >= 11 is 11.8. The number of rotatable bonds is 9. The predicted molar refractivity (Wildman–Crippen MR) is 116 cm³/mol. The lowest BCUT2D eigenvalue weighted by atomic mass is 10.2. The zero-order chi connectivity index (χ0) is 23.2. The number of nitrogens with zero attached hydrogens (tertiary/aromatic N) is 1. The number of halogens is 2. The van der Waals surface area contributed by atoms with Crippen molar-refractivity contribution in [1.82, 2.24) is 9.62 Å². The summed E-state index contributed by atoms with van der Waals surface area (Å²) in [4.78, 5) is 36.4. The molecule has 0 aliphatic heterocycles. The van der Waals surface area contributed by atoms with Crippen molar-refractivity contribution in [2.75, 3.05) is 20.2 Å². The lowest BCUT2D eigenvalue weighted by molar-refractivity contribution is -0.150. The maximum absolute atomic E-state index is 12.2. The number of ketones is 1. The number of carbonyl (C=O) groups is 3. The van der Waals surface area contributed by atoms with Gasteiger partial charge in [0, 0.05) is 19.2 Å². The van der Waals surface area contributed by atoms with Gasteiger partial charge in [-0.05, 0) is 36.8 Å². The van der Waals surface area contributed by atoms with Crippen LogP contribution < -0.4 is 4.72 Å². The van der Waals surface area contributed by atoms with Gasteiger partial charge in [0.15, 0.2) is 12.4 Å². The van der Waals surface area contributed by atoms with Crippen molar-refractivity contribution < 1.29 is 27.5 Å². The van der Waals surface area contributed by atoms with E-state index < -0.39 is 35.1 Å². The molecule has 11 heteroatoms. The Morgan fingerprint density at radius 1 is 1.03 bits per heavy atom. The molecule has 0 aliphatic rings. The van der Waals surface area contributed by atoms with Gasteiger partial charge in [-0.2, -0.15) is 4.72 Å². The highest BCUT2D eigenvalue weighted by molar-refractivity contribution is 7.89. The van der Waals surface area contributed by atoms with Gasteiger partial charge in [-0.25, -0.2) is 8.42 Å². The van der Waals surface area contributed by atoms with Gasteiger partial charge in [0.1, 0.15) is 6.54 Å². The maximum atomic E-state index is 12.2. The van der Waals surface area contributed by atoms with Crippen LogP contribution in [-0.4, -0.2) is 51.2 Å². The van der Waals surface area contributed by atoms with E-state index in [0.29, 0.717) is 15.6 Å². The molecule has 0 fully saturated rings. The Kier molecular flexibility index (Phi) is 8.58. The highest BCUT2D eigenvalue weighted by atomic mass is 35.5. The summed E-state index contributed by atoms with van der Waals surface area (Å²) in [5.41, 5.74) is 1.10. The number of benzene rings is 2. The molecule has 0 aromatic heterocycles. The van der Waals surface area contributed by atoms with Crippen molar-refractivity contribution in [3.63, 3.8) is 0 Å². The van der Waals surface area contributed by atoms with E-state index in [-0.39, 0.29) is 17.2 Å². The van der Waals surface area contributed by atoms with Crippen LogP contribution in [-0.2, 0) is 30.9 Å². The Labute approximate surface area is 190 Å². The molecule has 0 spiro atoms. The van der Waals surface area contributed by atoms with Crippen molar-refractivity contribution in [3.05, 3.63) is 63.6 Å². The van der Waals surface area contributed by atoms with E-state index in [2.05, 4.69) is 4.72 Å². The minimum atomic E-state index is -3.98. The van der Waals surface area contributed by atoms with Crippen LogP contribution in [0.4, 0.5) is 0 Å². The van der Waals surface area contributed by atoms with Crippen molar-refractivity contribution in [1.29, 1.82) is 0 Å². The fourth-order valence-corrected chi connectivity index (χ4v) is 3.70. The topological polar surface area (TPSA) is 110 Å². The van der Waals surface area contributed by atoms with Gasteiger partial charge in [-0.15, -0.1) is 0 Å². The summed E-state index contributed by atoms with van der Waals surface area (Å²) < 4.78 is 31.4. The standard InChI is InChI=1S/C20H20Cl2N2O6S/c1-13(25)15-4-6-16(7-5-15)31(28,29)23-10-20(27)30-12-19(26)24(2)11-14-3-8-17(21)18(22)9-14/h3-9,23H,10-12H2,1-2H3. The summed E-state index contributed by atoms with van der Waals surface area (Å²) in [6, 6.07) is 10.2. The Bertz CT molecular complexity index is 1090. The van der Waals surface area contributed by atoms with Crippen LogP contribution in [0.15, 0.2) is 47.4 Å². The number of hydrogen-bond donors (Lipinski definition) is 1. The number of esters is 1. The fourth-order valence-electron chi connectivity index (χ4n) is 2.41. The van der Waals surface area contributed by atoms with Crippen LogP contribution in [0.5, 0.6) is 0 Å². The smallest absolute Gasteiger partial charge is 0.321 e. The average Bonchev–Trinajstić information content (AvgIpc) is 2.73. The summed E-state index contributed by atoms with van der Waals surface area (Å²) in [5.74, 6) is -1.60. The molecule has 0 unspecified atom stereocenters. The molecule has 1 N–H and O–H groups in total. The van der Waals surface area contributed by atoms with E-state index in [9.17, 15) is 22.8 Å². The minimum absolute atomic E-state index is 0.109. The third-order valence-corrected chi connectivity index (χ3v) is 6.32. The molecule has 0 radical (unpaired) electrons. The Morgan fingerprint density at radius 2 is 1.68 bits per heavy atom. The second-order valence-electron chi connectivity index (χ2n) is 6.56. The fraction of sp³-hybridized carbons (Fsp3) is 0.250. The highest BCUT2D eigenvalue weighted by Crippen LogP contribution is 2.23. The molecular formula is C20H20Cl2N2O6S. The van der Waals surface area contributed by atoms with Crippen LogP contribution in [0.3, 0.4) is 0 Å². The maximum Gasteiger partial charge on any atom is 0.321 e. The summed E-state index contributed by atoms with van der Waals surface area (Å²) in [6.07, 6.45) is 0. The van der Waals surface area contributed by atoms with Gasteiger partial charge < -0.3 is 9.64 Å². The first-order chi connectivity index (χ1) is 14.5. The Morgan fingerprint density at radius 3 is 2.26 bits per heavy atom. The molecule has 166 valence electrons. The second kappa shape index (κ2) is 10.7. The van der Waals surface area contributed by atoms with Crippen molar-refractivity contribution >= 4 is 50.9 Å². The summed E-state index contributed by atoms with van der Waals surface area (Å²) in [6.45, 7) is 0.378. The summed E-state index contributed by atoms with van der Waals surface area (Å²) in [7, 11) is -2.46. The van der Waals surface area contributed by atoms with Crippen molar-refractivity contribution in [2.45, 2.75) is 18.4 Å². The van der Waals surface area contributed by atoms with E-state index >= 15 is 0 Å². The molecule has 0 atom stereocenters. The Balaban J connectivity index is 1.83. The third-order valence-electron chi connectivity index (χ3n) is 4.16. The number of amides is 1. The van der Waals surface area contributed by atoms with Gasteiger partial charge in [-0.1, -0.05) is 41.4 Å². The molecule has 2 aromatic rings. The number of Topliss-reactive ketones (excluding diaryl/α,β-unsaturated/α-hetero) is 1. The van der Waals surface area contributed by atoms with Crippen molar-refractivity contribution in [2.24, 2.45) is 0 Å². The van der Waals surface area contributed by atoms with Gasteiger partial charge in [0.2, 0.25) is 10.0 Å². The number of sulfonamides is 1. The zero-order valence-corrected chi connectivity index (χ0v) is 19.1. The van der Waals surface area contributed by atoms with E-state index in [4.69, 9.17) is 27.9 Å². The second-order valence-corrected chi connectivity index (χ2v) is 9.15. The highest BCUT2D eigenvalue weighted by Gasteiger charge is 2.18. The van der Waals surface area contributed by atoms with Gasteiger partial charge in [0.25, 0.3) is 5.91 Å². The van der Waals surface area contributed by atoms with Crippen LogP contribution >= 0.6 is 23.2 Å². The lowest BCUT2D eigenvalue weighted by Gasteiger charge is -2.17. The largest absolute Gasteiger partial charge is 0.455 e. The predicted octanol–water partition coefficient (Wildman–Crippen LogP) is 2.68. The molecule has 2 aromatic carbocycles. The third kappa shape index (κ3) is 7.32. The van der Waals surface area contributed by atoms with Crippen molar-refractivity contribution in [3.8, 4) is 0 Å². The number of nitrogens with one attached hydrogen (secondary N) is 1. The summed E-state index contributed by atoms with van der Waals surface area (Å²) in [5, 5.41) is 0.750. The Hall–Kier alpha value is -2.46. The number of carbonyl (C=O) groups excluding carboxylic acids is 3. The van der Waals surface area contributed by atoms with Gasteiger partial charge in [-0.3, -0.25) is 14.4 Å². The SMILES string of the molecule is CC(=O)c1ccc(S(=O)(=O)NCC(=O)OCC(=O)N(C)Cc2ccc(Cl)c(Cl)c2)cc1. The molecule has 0 aliphatic carbocycles. The molecule has 0 bridgehead atoms. The number of likely N-dealkylation sites (N-methyl/N-ethyl adjacent to an activating group) is 1. The monoisotopic (exact) mass is 486 g/mol. The molecular weight excluding hydrogens is 467 g/mol.